The summed E-state index contributed by atoms with van der Waals surface area (Å²) in [5.74, 6) is -0.319. The maximum atomic E-state index is 11.6. The van der Waals surface area contributed by atoms with Gasteiger partial charge in [0.2, 0.25) is 0 Å². The van der Waals surface area contributed by atoms with Gasteiger partial charge in [-0.3, -0.25) is 4.90 Å². The number of carbonyl (C=O) groups is 1. The van der Waals surface area contributed by atoms with Gasteiger partial charge in [-0.25, -0.2) is 4.79 Å². The van der Waals surface area contributed by atoms with Crippen LogP contribution in [0.15, 0.2) is 42.3 Å². The summed E-state index contributed by atoms with van der Waals surface area (Å²) in [5.41, 5.74) is 0.903. The van der Waals surface area contributed by atoms with E-state index in [2.05, 4.69) is 0 Å². The Morgan fingerprint density at radius 2 is 1.71 bits per heavy atom. The van der Waals surface area contributed by atoms with Crippen molar-refractivity contribution in [3.63, 3.8) is 0 Å². The minimum atomic E-state index is -0.575. The van der Waals surface area contributed by atoms with E-state index in [-0.39, 0.29) is 64.6 Å². The number of carbonyl (C=O) groups excluding carboxylic acids is 1. The largest absolute Gasteiger partial charge is 4.00 e. The summed E-state index contributed by atoms with van der Waals surface area (Å²) >= 11 is 0. The molecule has 0 spiro atoms. The molecule has 0 saturated carbocycles. The Hall–Kier alpha value is -0.716. The van der Waals surface area contributed by atoms with E-state index in [0.717, 1.165) is 10.5 Å². The maximum absolute atomic E-state index is 11.6. The monoisotopic (exact) mass is 409 g/mol. The number of nitrogens with zero attached hydrogens (tertiary/aromatic N) is 1. The predicted octanol–water partition coefficient (Wildman–Crippen LogP) is -4.45. The first-order chi connectivity index (χ1) is 9.88. The van der Waals surface area contributed by atoms with E-state index in [4.69, 9.17) is 4.74 Å². The van der Waals surface area contributed by atoms with Crippen LogP contribution in [0.5, 0.6) is 0 Å². The summed E-state index contributed by atoms with van der Waals surface area (Å²) in [4.78, 5) is 12.8. The first-order valence-corrected chi connectivity index (χ1v) is 6.92. The molecule has 2 atom stereocenters. The third-order valence-electron chi connectivity index (χ3n) is 2.88. The van der Waals surface area contributed by atoms with Crippen molar-refractivity contribution in [3.8, 4) is 0 Å². The topological polar surface area (TPSA) is 75.7 Å². The summed E-state index contributed by atoms with van der Waals surface area (Å²) in [6.07, 6.45) is -0.00690. The summed E-state index contributed by atoms with van der Waals surface area (Å²) in [7, 11) is 0. The number of rotatable bonds is 2. The van der Waals surface area contributed by atoms with E-state index in [9.17, 15) is 15.0 Å². The molecule has 0 bridgehead atoms. The zero-order chi connectivity index (χ0) is 16.0. The molecule has 132 valence electrons. The molecule has 0 aromatic heterocycles. The molecule has 0 N–H and O–H groups in total. The molecule has 0 radical (unpaired) electrons. The molecule has 1 aromatic rings. The van der Waals surface area contributed by atoms with Gasteiger partial charge in [0.05, 0.1) is 6.04 Å². The van der Waals surface area contributed by atoms with E-state index in [0.29, 0.717) is 0 Å². The molecule has 1 heterocycles. The number of hydrogen-bond donors (Lipinski definition) is 0. The molecule has 1 aromatic carbocycles. The third-order valence-corrected chi connectivity index (χ3v) is 2.88. The molecular weight excluding hydrogens is 389 g/mol. The second-order valence-corrected chi connectivity index (χ2v) is 5.00. The van der Waals surface area contributed by atoms with Crippen molar-refractivity contribution in [2.45, 2.75) is 45.9 Å². The Bertz CT molecular complexity index is 497. The van der Waals surface area contributed by atoms with Crippen LogP contribution in [0.4, 0.5) is 4.79 Å². The van der Waals surface area contributed by atoms with Crippen LogP contribution in [0.2, 0.25) is 0 Å². The number of benzene rings is 1. The standard InChI is InChI=1S/C13H15NO3.C3H7O.2ClH.Ti/c1-3-11(15)14-9(2)12(17-13(14)16)10-7-5-4-6-8-10;1-3(2)4;;;/h3-9,12,15H,1-2H3;3H,1-2H3;2*1H;/q;-1;;;+4/p-3/b11-3+;;;;/t9-,12-;;;;/m1..../s1. The number of allylic oxidation sites excluding steroid dienone is 1. The van der Waals surface area contributed by atoms with Gasteiger partial charge in [-0.1, -0.05) is 50.3 Å². The van der Waals surface area contributed by atoms with Crippen molar-refractivity contribution in [1.82, 2.24) is 4.90 Å². The van der Waals surface area contributed by atoms with E-state index in [1.807, 2.05) is 37.3 Å². The second-order valence-electron chi connectivity index (χ2n) is 5.00. The smallest absolute Gasteiger partial charge is 1.00 e. The van der Waals surface area contributed by atoms with Gasteiger partial charge in [0.1, 0.15) is 6.10 Å². The molecule has 1 saturated heterocycles. The van der Waals surface area contributed by atoms with Gasteiger partial charge < -0.3 is 39.8 Å². The van der Waals surface area contributed by atoms with Gasteiger partial charge >= 0.3 is 27.8 Å². The van der Waals surface area contributed by atoms with Crippen molar-refractivity contribution in [1.29, 1.82) is 0 Å². The average Bonchev–Trinajstić information content (AvgIpc) is 2.74. The number of amides is 1. The van der Waals surface area contributed by atoms with Gasteiger partial charge in [0.15, 0.2) is 0 Å². The maximum Gasteiger partial charge on any atom is 4.00 e. The van der Waals surface area contributed by atoms with Crippen LogP contribution < -0.4 is 35.0 Å². The normalized spacial score (nSPS) is 19.2. The Labute approximate surface area is 170 Å². The molecule has 0 unspecified atom stereocenters. The fourth-order valence-electron chi connectivity index (χ4n) is 1.98. The van der Waals surface area contributed by atoms with Crippen LogP contribution in [0, 0.1) is 0 Å². The molecule has 1 amide bonds. The SMILES string of the molecule is C/C=C(/[O-])N1C(=O)O[C@@H](c2ccccc2)[C@H]1C.CC(C)[O-].[Cl-].[Cl-].[Ti+4]. The number of cyclic esters (lactones) is 1. The molecule has 1 fully saturated rings. The number of ether oxygens (including phenoxy) is 1. The van der Waals surface area contributed by atoms with Crippen LogP contribution in [-0.2, 0) is 26.5 Å². The average molecular weight is 410 g/mol. The molecular formula is C16H21Cl2NO4Ti. The van der Waals surface area contributed by atoms with Crippen molar-refractivity contribution in [2.75, 3.05) is 0 Å². The first kappa shape index (κ1) is 28.1. The van der Waals surface area contributed by atoms with Crippen LogP contribution >= 0.6 is 0 Å². The van der Waals surface area contributed by atoms with Crippen LogP contribution in [0.25, 0.3) is 0 Å². The first-order valence-electron chi connectivity index (χ1n) is 6.92. The van der Waals surface area contributed by atoms with Gasteiger partial charge in [0, 0.05) is 0 Å². The molecule has 0 aliphatic carbocycles. The predicted molar refractivity (Wildman–Crippen MR) is 75.9 cm³/mol. The van der Waals surface area contributed by atoms with Crippen molar-refractivity contribution in [2.24, 2.45) is 0 Å². The molecule has 8 heteroatoms. The van der Waals surface area contributed by atoms with Crippen molar-refractivity contribution in [3.05, 3.63) is 47.9 Å². The Kier molecular flexibility index (Phi) is 15.9. The van der Waals surface area contributed by atoms with Crippen molar-refractivity contribution < 1.29 is 66.3 Å². The summed E-state index contributed by atoms with van der Waals surface area (Å²) in [6, 6.07) is 9.15. The van der Waals surface area contributed by atoms with Crippen LogP contribution in [-0.4, -0.2) is 23.1 Å². The summed E-state index contributed by atoms with van der Waals surface area (Å²) in [6.45, 7) is 6.64. The Morgan fingerprint density at radius 3 is 2.12 bits per heavy atom. The summed E-state index contributed by atoms with van der Waals surface area (Å²) in [5, 5.41) is 21.1. The molecule has 5 nitrogen and oxygen atoms in total. The second kappa shape index (κ2) is 13.6. The van der Waals surface area contributed by atoms with Crippen LogP contribution in [0.1, 0.15) is 39.4 Å². The Morgan fingerprint density at radius 1 is 1.25 bits per heavy atom. The van der Waals surface area contributed by atoms with E-state index < -0.39 is 12.2 Å². The van der Waals surface area contributed by atoms with Gasteiger partial charge in [0.25, 0.3) is 0 Å². The zero-order valence-corrected chi connectivity index (χ0v) is 17.1. The third kappa shape index (κ3) is 7.90. The molecule has 1 aliphatic heterocycles. The zero-order valence-electron chi connectivity index (χ0n) is 14.0. The Balaban J connectivity index is -0.000000571. The fraction of sp³-hybridized carbons (Fsp3) is 0.438. The van der Waals surface area contributed by atoms with Crippen molar-refractivity contribution >= 4 is 6.09 Å². The van der Waals surface area contributed by atoms with E-state index >= 15 is 0 Å². The summed E-state index contributed by atoms with van der Waals surface area (Å²) < 4.78 is 5.24. The minimum Gasteiger partial charge on any atom is -1.00 e. The quantitative estimate of drug-likeness (QED) is 0.365. The number of halogens is 2. The molecule has 2 rings (SSSR count). The van der Waals surface area contributed by atoms with E-state index in [1.54, 1.807) is 20.8 Å². The van der Waals surface area contributed by atoms with Crippen LogP contribution in [0.3, 0.4) is 0 Å². The molecule has 24 heavy (non-hydrogen) atoms. The minimum absolute atomic E-state index is 0. The van der Waals surface area contributed by atoms with E-state index in [1.165, 1.54) is 6.08 Å². The van der Waals surface area contributed by atoms with Gasteiger partial charge in [-0.05, 0) is 25.3 Å². The van der Waals surface area contributed by atoms with Gasteiger partial charge in [-0.2, -0.15) is 0 Å². The fourth-order valence-corrected chi connectivity index (χ4v) is 1.98. The number of hydrogen-bond acceptors (Lipinski definition) is 4. The molecule has 1 aliphatic rings. The van der Waals surface area contributed by atoms with Gasteiger partial charge in [-0.15, -0.1) is 6.10 Å².